The third-order valence-corrected chi connectivity index (χ3v) is 3.57. The molecule has 1 aliphatic rings. The van der Waals surface area contributed by atoms with Crippen LogP contribution in [0.3, 0.4) is 0 Å². The molecule has 2 amide bonds. The van der Waals surface area contributed by atoms with Gasteiger partial charge in [0.05, 0.1) is 18.6 Å². The molecule has 0 aromatic heterocycles. The Morgan fingerprint density at radius 1 is 1.33 bits per heavy atom. The summed E-state index contributed by atoms with van der Waals surface area (Å²) in [4.78, 5) is 24.1. The fourth-order valence-corrected chi connectivity index (χ4v) is 1.95. The van der Waals surface area contributed by atoms with Gasteiger partial charge in [-0.3, -0.25) is 9.59 Å². The number of nitrogens with one attached hydrogen (secondary N) is 2. The lowest BCUT2D eigenvalue weighted by Gasteiger charge is -2.41. The molecule has 0 bridgehead atoms. The van der Waals surface area contributed by atoms with Crippen molar-refractivity contribution in [3.8, 4) is 0 Å². The van der Waals surface area contributed by atoms with Gasteiger partial charge in [0, 0.05) is 7.05 Å². The average molecular weight is 256 g/mol. The van der Waals surface area contributed by atoms with Gasteiger partial charge in [0.2, 0.25) is 11.8 Å². The molecule has 1 unspecified atom stereocenters. The number of hydrogen-bond acceptors (Lipinski definition) is 3. The van der Waals surface area contributed by atoms with E-state index in [4.69, 9.17) is 4.74 Å². The van der Waals surface area contributed by atoms with E-state index < -0.39 is 11.5 Å². The van der Waals surface area contributed by atoms with Crippen LogP contribution in [0, 0.1) is 10.8 Å². The van der Waals surface area contributed by atoms with Crippen molar-refractivity contribution in [1.29, 1.82) is 0 Å². The zero-order valence-corrected chi connectivity index (χ0v) is 11.9. The highest BCUT2D eigenvalue weighted by molar-refractivity contribution is 5.91. The van der Waals surface area contributed by atoms with Crippen molar-refractivity contribution < 1.29 is 14.3 Å². The summed E-state index contributed by atoms with van der Waals surface area (Å²) in [6.45, 7) is 8.66. The maximum Gasteiger partial charge on any atom is 0.242 e. The Bertz CT molecular complexity index is 324. The van der Waals surface area contributed by atoms with E-state index in [9.17, 15) is 9.59 Å². The second-order valence-corrected chi connectivity index (χ2v) is 6.01. The Balaban J connectivity index is 2.78. The molecule has 1 atom stereocenters. The summed E-state index contributed by atoms with van der Waals surface area (Å²) < 4.78 is 5.14. The molecule has 1 fully saturated rings. The molecule has 5 nitrogen and oxygen atoms in total. The predicted octanol–water partition coefficient (Wildman–Crippen LogP) is 0.690. The van der Waals surface area contributed by atoms with E-state index in [1.807, 2.05) is 27.7 Å². The normalized spacial score (nSPS) is 19.6. The second kappa shape index (κ2) is 5.26. The molecule has 1 rings (SSSR count). The van der Waals surface area contributed by atoms with Gasteiger partial charge in [0.15, 0.2) is 0 Å². The lowest BCUT2D eigenvalue weighted by atomic mass is 9.80. The summed E-state index contributed by atoms with van der Waals surface area (Å²) in [5.74, 6) is -0.248. The molecule has 5 heteroatoms. The van der Waals surface area contributed by atoms with Crippen LogP contribution in [-0.4, -0.2) is 38.1 Å². The number of carbonyl (C=O) groups excluding carboxylic acids is 2. The zero-order valence-electron chi connectivity index (χ0n) is 11.9. The molecule has 0 spiro atoms. The van der Waals surface area contributed by atoms with Crippen molar-refractivity contribution in [2.24, 2.45) is 10.8 Å². The van der Waals surface area contributed by atoms with Gasteiger partial charge in [-0.15, -0.1) is 0 Å². The van der Waals surface area contributed by atoms with Crippen LogP contribution in [0.2, 0.25) is 0 Å². The summed E-state index contributed by atoms with van der Waals surface area (Å²) in [5.41, 5.74) is -0.771. The summed E-state index contributed by atoms with van der Waals surface area (Å²) >= 11 is 0. The van der Waals surface area contributed by atoms with E-state index in [1.54, 1.807) is 7.05 Å². The van der Waals surface area contributed by atoms with Crippen molar-refractivity contribution in [2.75, 3.05) is 20.3 Å². The second-order valence-electron chi connectivity index (χ2n) is 6.01. The van der Waals surface area contributed by atoms with E-state index in [2.05, 4.69) is 10.6 Å². The molecule has 104 valence electrons. The van der Waals surface area contributed by atoms with Crippen LogP contribution in [-0.2, 0) is 14.3 Å². The highest BCUT2D eigenvalue weighted by Gasteiger charge is 2.46. The van der Waals surface area contributed by atoms with Crippen LogP contribution in [0.5, 0.6) is 0 Å². The molecule has 0 radical (unpaired) electrons. The van der Waals surface area contributed by atoms with Gasteiger partial charge < -0.3 is 15.4 Å². The van der Waals surface area contributed by atoms with Gasteiger partial charge >= 0.3 is 0 Å². The van der Waals surface area contributed by atoms with Crippen molar-refractivity contribution in [2.45, 2.75) is 40.2 Å². The zero-order chi connectivity index (χ0) is 14.0. The first-order valence-electron chi connectivity index (χ1n) is 6.37. The van der Waals surface area contributed by atoms with E-state index in [-0.39, 0.29) is 17.2 Å². The Morgan fingerprint density at radius 3 is 2.17 bits per heavy atom. The SMILES string of the molecule is CCC1(C(=O)NC(C(=O)NC)C(C)(C)C)COC1. The number of ether oxygens (including phenoxy) is 1. The highest BCUT2D eigenvalue weighted by atomic mass is 16.5. The molecule has 0 aromatic carbocycles. The minimum Gasteiger partial charge on any atom is -0.379 e. The summed E-state index contributed by atoms with van der Waals surface area (Å²) in [7, 11) is 1.58. The topological polar surface area (TPSA) is 67.4 Å². The van der Waals surface area contributed by atoms with Gasteiger partial charge in [-0.25, -0.2) is 0 Å². The van der Waals surface area contributed by atoms with Gasteiger partial charge in [-0.2, -0.15) is 0 Å². The molecule has 2 N–H and O–H groups in total. The van der Waals surface area contributed by atoms with E-state index in [1.165, 1.54) is 0 Å². The summed E-state index contributed by atoms with van der Waals surface area (Å²) in [5, 5.41) is 5.47. The third-order valence-electron chi connectivity index (χ3n) is 3.57. The molecule has 0 aromatic rings. The van der Waals surface area contributed by atoms with Crippen molar-refractivity contribution in [3.05, 3.63) is 0 Å². The third kappa shape index (κ3) is 2.83. The lowest BCUT2D eigenvalue weighted by molar-refractivity contribution is -0.164. The number of likely N-dealkylation sites (N-methyl/N-ethyl adjacent to an activating group) is 1. The van der Waals surface area contributed by atoms with Gasteiger partial charge in [0.25, 0.3) is 0 Å². The first-order valence-corrected chi connectivity index (χ1v) is 6.37. The van der Waals surface area contributed by atoms with Crippen LogP contribution in [0.4, 0.5) is 0 Å². The Labute approximate surface area is 109 Å². The standard InChI is InChI=1S/C13H24N2O3/c1-6-13(7-18-8-13)11(17)15-9(10(16)14-5)12(2,3)4/h9H,6-8H2,1-5H3,(H,14,16)(H,15,17). The van der Waals surface area contributed by atoms with Gasteiger partial charge in [0.1, 0.15) is 6.04 Å². The van der Waals surface area contributed by atoms with E-state index >= 15 is 0 Å². The van der Waals surface area contributed by atoms with Crippen molar-refractivity contribution in [1.82, 2.24) is 10.6 Å². The molecule has 0 aliphatic carbocycles. The molecule has 1 aliphatic heterocycles. The molecule has 18 heavy (non-hydrogen) atoms. The minimum absolute atomic E-state index is 0.0835. The molecular weight excluding hydrogens is 232 g/mol. The van der Waals surface area contributed by atoms with E-state index in [0.29, 0.717) is 13.2 Å². The van der Waals surface area contributed by atoms with Crippen LogP contribution in [0.1, 0.15) is 34.1 Å². The number of carbonyl (C=O) groups is 2. The van der Waals surface area contributed by atoms with E-state index in [0.717, 1.165) is 6.42 Å². The first-order chi connectivity index (χ1) is 8.27. The smallest absolute Gasteiger partial charge is 0.242 e. The lowest BCUT2D eigenvalue weighted by Crippen LogP contribution is -2.60. The van der Waals surface area contributed by atoms with Crippen LogP contribution in [0.15, 0.2) is 0 Å². The average Bonchev–Trinajstić information content (AvgIpc) is 2.22. The fraction of sp³-hybridized carbons (Fsp3) is 0.846. The van der Waals surface area contributed by atoms with Gasteiger partial charge in [-0.1, -0.05) is 27.7 Å². The monoisotopic (exact) mass is 256 g/mol. The van der Waals surface area contributed by atoms with Crippen LogP contribution in [0.25, 0.3) is 0 Å². The van der Waals surface area contributed by atoms with Crippen LogP contribution >= 0.6 is 0 Å². The largest absolute Gasteiger partial charge is 0.379 e. The first kappa shape index (κ1) is 15.0. The number of hydrogen-bond donors (Lipinski definition) is 2. The number of rotatable bonds is 4. The molecule has 1 saturated heterocycles. The summed E-state index contributed by atoms with van der Waals surface area (Å²) in [6.07, 6.45) is 0.726. The Hall–Kier alpha value is -1.10. The molecule has 1 heterocycles. The highest BCUT2D eigenvalue weighted by Crippen LogP contribution is 2.32. The number of amides is 2. The maximum absolute atomic E-state index is 12.3. The van der Waals surface area contributed by atoms with Gasteiger partial charge in [-0.05, 0) is 11.8 Å². The minimum atomic E-state index is -0.529. The fourth-order valence-electron chi connectivity index (χ4n) is 1.95. The molecule has 0 saturated carbocycles. The summed E-state index contributed by atoms with van der Waals surface area (Å²) in [6, 6.07) is -0.529. The predicted molar refractivity (Wildman–Crippen MR) is 69.0 cm³/mol. The quantitative estimate of drug-likeness (QED) is 0.777. The van der Waals surface area contributed by atoms with Crippen molar-refractivity contribution in [3.63, 3.8) is 0 Å². The molecular formula is C13H24N2O3. The Morgan fingerprint density at radius 2 is 1.89 bits per heavy atom. The maximum atomic E-state index is 12.3. The van der Waals surface area contributed by atoms with Crippen molar-refractivity contribution >= 4 is 11.8 Å². The Kier molecular flexibility index (Phi) is 4.37. The van der Waals surface area contributed by atoms with Crippen LogP contribution < -0.4 is 10.6 Å².